The van der Waals surface area contributed by atoms with Crippen LogP contribution in [0, 0.1) is 0 Å². The summed E-state index contributed by atoms with van der Waals surface area (Å²) in [4.78, 5) is 22.9. The summed E-state index contributed by atoms with van der Waals surface area (Å²) in [5, 5.41) is 13.0. The third-order valence-electron chi connectivity index (χ3n) is 6.02. The van der Waals surface area contributed by atoms with E-state index >= 15 is 0 Å². The number of carbonyl (C=O) groups excluding carboxylic acids is 1. The summed E-state index contributed by atoms with van der Waals surface area (Å²) in [6.45, 7) is 4.02. The van der Waals surface area contributed by atoms with E-state index in [2.05, 4.69) is 30.4 Å². The first-order valence-corrected chi connectivity index (χ1v) is 11.9. The van der Waals surface area contributed by atoms with Crippen LogP contribution in [-0.2, 0) is 24.1 Å². The number of benzene rings is 2. The summed E-state index contributed by atoms with van der Waals surface area (Å²) in [5.74, 6) is 0.696. The summed E-state index contributed by atoms with van der Waals surface area (Å²) in [5.41, 5.74) is 6.63. The first kappa shape index (κ1) is 23.4. The number of aromatic hydroxyl groups is 1. The number of allylic oxidation sites excluding steroid dienone is 3. The van der Waals surface area contributed by atoms with Crippen molar-refractivity contribution < 1.29 is 9.90 Å². The van der Waals surface area contributed by atoms with Gasteiger partial charge in [-0.1, -0.05) is 55.5 Å². The molecule has 1 aliphatic carbocycles. The number of nitrogens with zero attached hydrogens (tertiary/aromatic N) is 2. The van der Waals surface area contributed by atoms with E-state index in [4.69, 9.17) is 9.97 Å². The molecule has 0 unspecified atom stereocenters. The van der Waals surface area contributed by atoms with Crippen LogP contribution in [0.5, 0.6) is 5.75 Å². The molecule has 0 atom stereocenters. The summed E-state index contributed by atoms with van der Waals surface area (Å²) in [7, 11) is 0. The quantitative estimate of drug-likeness (QED) is 0.420. The molecule has 0 aliphatic heterocycles. The fraction of sp³-hybridized carbons (Fsp3) is 0.276. The van der Waals surface area contributed by atoms with Crippen molar-refractivity contribution in [3.8, 4) is 17.0 Å². The van der Waals surface area contributed by atoms with E-state index in [0.717, 1.165) is 65.0 Å². The van der Waals surface area contributed by atoms with Gasteiger partial charge in [-0.3, -0.25) is 4.79 Å². The number of phenolic OH excluding ortho intramolecular Hbond substituents is 1. The topological polar surface area (TPSA) is 75.1 Å². The molecule has 4 rings (SSSR count). The minimum Gasteiger partial charge on any atom is -0.508 e. The van der Waals surface area contributed by atoms with Crippen molar-refractivity contribution in [1.82, 2.24) is 9.97 Å². The number of amides is 1. The van der Waals surface area contributed by atoms with E-state index in [1.54, 1.807) is 6.07 Å². The van der Waals surface area contributed by atoms with Crippen LogP contribution in [-0.4, -0.2) is 21.0 Å². The van der Waals surface area contributed by atoms with Gasteiger partial charge >= 0.3 is 0 Å². The molecule has 5 nitrogen and oxygen atoms in total. The number of phenols is 1. The molecule has 5 heteroatoms. The van der Waals surface area contributed by atoms with Gasteiger partial charge in [0.05, 0.1) is 23.5 Å². The first-order chi connectivity index (χ1) is 16.6. The van der Waals surface area contributed by atoms with Gasteiger partial charge in [0, 0.05) is 12.0 Å². The molecule has 174 valence electrons. The maximum atomic E-state index is 12.9. The lowest BCUT2D eigenvalue weighted by atomic mass is 10.0. The van der Waals surface area contributed by atoms with Crippen LogP contribution in [0.3, 0.4) is 0 Å². The summed E-state index contributed by atoms with van der Waals surface area (Å²) in [6, 6.07) is 15.5. The highest BCUT2D eigenvalue weighted by molar-refractivity contribution is 5.92. The Morgan fingerprint density at radius 3 is 2.71 bits per heavy atom. The molecule has 0 radical (unpaired) electrons. The van der Waals surface area contributed by atoms with Crippen LogP contribution >= 0.6 is 0 Å². The number of anilines is 1. The van der Waals surface area contributed by atoms with Crippen LogP contribution in [0.1, 0.15) is 55.6 Å². The largest absolute Gasteiger partial charge is 0.508 e. The summed E-state index contributed by atoms with van der Waals surface area (Å²) < 4.78 is 0. The molecule has 1 aromatic heterocycles. The second-order valence-electron chi connectivity index (χ2n) is 8.57. The lowest BCUT2D eigenvalue weighted by Crippen LogP contribution is -2.17. The maximum absolute atomic E-state index is 12.9. The van der Waals surface area contributed by atoms with Gasteiger partial charge < -0.3 is 10.4 Å². The standard InChI is InChI=1S/C29H31N3O2/c1-3-5-10-20(4-2)18-27(34)32-29-26(17-21-11-7-6-8-12-21)30-28-24-16-15-23(33)19-22(24)13-9-14-25(28)31-29/h4-8,10-12,15-16,19,33H,3,9,13-14,17-18H2,1-2H3,(H,31,32,34)/b10-5-,20-4+. The van der Waals surface area contributed by atoms with Gasteiger partial charge in [-0.15, -0.1) is 0 Å². The molecule has 2 aromatic carbocycles. The zero-order chi connectivity index (χ0) is 23.9. The Morgan fingerprint density at radius 2 is 1.94 bits per heavy atom. The van der Waals surface area contributed by atoms with Gasteiger partial charge in [0.1, 0.15) is 5.75 Å². The lowest BCUT2D eigenvalue weighted by Gasteiger charge is -2.15. The third-order valence-corrected chi connectivity index (χ3v) is 6.02. The van der Waals surface area contributed by atoms with Crippen molar-refractivity contribution in [3.05, 3.63) is 94.8 Å². The van der Waals surface area contributed by atoms with Crippen molar-refractivity contribution in [2.24, 2.45) is 0 Å². The van der Waals surface area contributed by atoms with Crippen LogP contribution in [0.25, 0.3) is 11.3 Å². The van der Waals surface area contributed by atoms with E-state index < -0.39 is 0 Å². The highest BCUT2D eigenvalue weighted by atomic mass is 16.3. The lowest BCUT2D eigenvalue weighted by molar-refractivity contribution is -0.115. The average Bonchev–Trinajstić information content (AvgIpc) is 3.01. The zero-order valence-corrected chi connectivity index (χ0v) is 19.8. The van der Waals surface area contributed by atoms with Crippen molar-refractivity contribution >= 4 is 11.7 Å². The molecule has 1 amide bonds. The normalized spacial score (nSPS) is 13.3. The third kappa shape index (κ3) is 5.60. The number of fused-ring (bicyclic) bond motifs is 3. The van der Waals surface area contributed by atoms with Gasteiger partial charge in [-0.2, -0.15) is 0 Å². The molecule has 0 fully saturated rings. The van der Waals surface area contributed by atoms with Gasteiger partial charge in [-0.05, 0) is 67.5 Å². The van der Waals surface area contributed by atoms with Crippen molar-refractivity contribution in [2.45, 2.75) is 52.4 Å². The minimum atomic E-state index is -0.101. The van der Waals surface area contributed by atoms with Crippen LogP contribution in [0.2, 0.25) is 0 Å². The molecule has 3 aromatic rings. The van der Waals surface area contributed by atoms with Crippen molar-refractivity contribution in [2.75, 3.05) is 5.32 Å². The fourth-order valence-corrected chi connectivity index (χ4v) is 4.26. The monoisotopic (exact) mass is 453 g/mol. The fourth-order valence-electron chi connectivity index (χ4n) is 4.26. The van der Waals surface area contributed by atoms with E-state index in [-0.39, 0.29) is 11.7 Å². The Kier molecular flexibility index (Phi) is 7.53. The van der Waals surface area contributed by atoms with Crippen molar-refractivity contribution in [1.29, 1.82) is 0 Å². The number of aromatic nitrogens is 2. The molecule has 2 N–H and O–H groups in total. The molecule has 34 heavy (non-hydrogen) atoms. The molecule has 0 spiro atoms. The summed E-state index contributed by atoms with van der Waals surface area (Å²) in [6.07, 6.45) is 10.3. The number of hydrogen-bond acceptors (Lipinski definition) is 4. The van der Waals surface area contributed by atoms with E-state index in [0.29, 0.717) is 18.7 Å². The minimum absolute atomic E-state index is 0.101. The van der Waals surface area contributed by atoms with Gasteiger partial charge in [0.2, 0.25) is 5.91 Å². The predicted octanol–water partition coefficient (Wildman–Crippen LogP) is 6.17. The number of nitrogens with one attached hydrogen (secondary N) is 1. The second-order valence-corrected chi connectivity index (χ2v) is 8.57. The Balaban J connectivity index is 1.72. The van der Waals surface area contributed by atoms with Gasteiger partial charge in [0.25, 0.3) is 0 Å². The number of carbonyl (C=O) groups is 1. The molecule has 1 heterocycles. The van der Waals surface area contributed by atoms with Gasteiger partial charge in [-0.25, -0.2) is 9.97 Å². The summed E-state index contributed by atoms with van der Waals surface area (Å²) >= 11 is 0. The number of aryl methyl sites for hydroxylation is 2. The smallest absolute Gasteiger partial charge is 0.229 e. The zero-order valence-electron chi connectivity index (χ0n) is 19.8. The first-order valence-electron chi connectivity index (χ1n) is 11.9. The number of hydrogen-bond donors (Lipinski definition) is 2. The van der Waals surface area contributed by atoms with Crippen LogP contribution in [0.4, 0.5) is 5.82 Å². The molecule has 0 saturated heterocycles. The number of rotatable bonds is 7. The highest BCUT2D eigenvalue weighted by Crippen LogP contribution is 2.34. The highest BCUT2D eigenvalue weighted by Gasteiger charge is 2.22. The Morgan fingerprint density at radius 1 is 1.12 bits per heavy atom. The van der Waals surface area contributed by atoms with E-state index in [1.807, 2.05) is 49.4 Å². The molecule has 0 saturated carbocycles. The molecule has 0 bridgehead atoms. The Hall–Kier alpha value is -3.73. The predicted molar refractivity (Wildman–Crippen MR) is 137 cm³/mol. The van der Waals surface area contributed by atoms with Gasteiger partial charge in [0.15, 0.2) is 5.82 Å². The van der Waals surface area contributed by atoms with Crippen molar-refractivity contribution in [3.63, 3.8) is 0 Å². The molecular formula is C29H31N3O2. The second kappa shape index (κ2) is 10.9. The SMILES string of the molecule is C/C=C(\C=C/CC)CC(=O)Nc1nc2c(nc1Cc1ccccc1)-c1ccc(O)cc1CCC2. The van der Waals surface area contributed by atoms with E-state index in [1.165, 1.54) is 0 Å². The van der Waals surface area contributed by atoms with Crippen LogP contribution in [0.15, 0.2) is 72.3 Å². The molecule has 1 aliphatic rings. The molecular weight excluding hydrogens is 422 g/mol. The maximum Gasteiger partial charge on any atom is 0.229 e. The van der Waals surface area contributed by atoms with E-state index in [9.17, 15) is 9.90 Å². The van der Waals surface area contributed by atoms with Crippen LogP contribution < -0.4 is 5.32 Å². The average molecular weight is 454 g/mol. The Labute approximate surface area is 201 Å². The Bertz CT molecular complexity index is 1230.